The van der Waals surface area contributed by atoms with Crippen molar-refractivity contribution in [1.82, 2.24) is 14.2 Å². The molecular formula is C28H32FN5O2S. The van der Waals surface area contributed by atoms with Gasteiger partial charge in [0.15, 0.2) is 0 Å². The SMILES string of the molecule is N#Cc1cc(-c2cc(NC3CCN(S(=O)(=O)CCN4CCCCC4)CC3)c3cnccc3c2)ccc1F. The van der Waals surface area contributed by atoms with Crippen molar-refractivity contribution >= 4 is 26.5 Å². The first-order valence-corrected chi connectivity index (χ1v) is 14.6. The van der Waals surface area contributed by atoms with Crippen molar-refractivity contribution in [3.8, 4) is 17.2 Å². The molecule has 2 aromatic carbocycles. The number of pyridine rings is 1. The molecule has 5 rings (SSSR count). The summed E-state index contributed by atoms with van der Waals surface area (Å²) in [5, 5.41) is 14.8. The molecule has 3 aromatic rings. The second-order valence-corrected chi connectivity index (χ2v) is 12.1. The lowest BCUT2D eigenvalue weighted by Crippen LogP contribution is -2.45. The Balaban J connectivity index is 1.29. The molecule has 9 heteroatoms. The molecule has 37 heavy (non-hydrogen) atoms. The number of halogens is 1. The number of likely N-dealkylation sites (tertiary alicyclic amines) is 1. The van der Waals surface area contributed by atoms with Gasteiger partial charge in [-0.05, 0) is 85.6 Å². The highest BCUT2D eigenvalue weighted by Crippen LogP contribution is 2.33. The monoisotopic (exact) mass is 521 g/mol. The lowest BCUT2D eigenvalue weighted by Gasteiger charge is -2.33. The van der Waals surface area contributed by atoms with E-state index < -0.39 is 15.8 Å². The van der Waals surface area contributed by atoms with E-state index in [0.29, 0.717) is 32.5 Å². The zero-order chi connectivity index (χ0) is 25.8. The smallest absolute Gasteiger partial charge is 0.215 e. The van der Waals surface area contributed by atoms with E-state index in [-0.39, 0.29) is 17.4 Å². The number of rotatable bonds is 7. The zero-order valence-corrected chi connectivity index (χ0v) is 21.7. The molecule has 0 unspecified atom stereocenters. The Morgan fingerprint density at radius 2 is 1.81 bits per heavy atom. The second kappa shape index (κ2) is 11.1. The van der Waals surface area contributed by atoms with E-state index in [1.165, 1.54) is 12.5 Å². The first-order valence-electron chi connectivity index (χ1n) is 13.0. The maximum atomic E-state index is 13.9. The number of fused-ring (bicyclic) bond motifs is 1. The van der Waals surface area contributed by atoms with Crippen molar-refractivity contribution in [1.29, 1.82) is 5.26 Å². The molecule has 1 aromatic heterocycles. The summed E-state index contributed by atoms with van der Waals surface area (Å²) in [4.78, 5) is 6.55. The Labute approximate surface area is 218 Å². The second-order valence-electron chi connectivity index (χ2n) is 9.96. The van der Waals surface area contributed by atoms with Gasteiger partial charge in [0.25, 0.3) is 0 Å². The summed E-state index contributed by atoms with van der Waals surface area (Å²) in [7, 11) is -3.27. The molecule has 3 heterocycles. The van der Waals surface area contributed by atoms with Crippen LogP contribution in [0.1, 0.15) is 37.7 Å². The summed E-state index contributed by atoms with van der Waals surface area (Å²) in [5.41, 5.74) is 2.54. The largest absolute Gasteiger partial charge is 0.382 e. The highest BCUT2D eigenvalue weighted by molar-refractivity contribution is 7.89. The van der Waals surface area contributed by atoms with Crippen LogP contribution in [-0.4, -0.2) is 67.1 Å². The minimum absolute atomic E-state index is 0.00991. The fraction of sp³-hybridized carbons (Fsp3) is 0.429. The third-order valence-corrected chi connectivity index (χ3v) is 9.35. The number of nitrogens with zero attached hydrogens (tertiary/aromatic N) is 4. The van der Waals surface area contributed by atoms with Crippen LogP contribution in [-0.2, 0) is 10.0 Å². The lowest BCUT2D eigenvalue weighted by molar-refractivity contribution is 0.239. The number of sulfonamides is 1. The van der Waals surface area contributed by atoms with Crippen molar-refractivity contribution in [2.24, 2.45) is 0 Å². The fourth-order valence-corrected chi connectivity index (χ4v) is 6.84. The number of benzene rings is 2. The molecule has 0 atom stereocenters. The molecule has 0 amide bonds. The Morgan fingerprint density at radius 3 is 2.57 bits per heavy atom. The molecular weight excluding hydrogens is 489 g/mol. The summed E-state index contributed by atoms with van der Waals surface area (Å²) >= 11 is 0. The van der Waals surface area contributed by atoms with Gasteiger partial charge in [0.2, 0.25) is 10.0 Å². The third-order valence-electron chi connectivity index (χ3n) is 7.50. The lowest BCUT2D eigenvalue weighted by atomic mass is 9.98. The van der Waals surface area contributed by atoms with Crippen molar-refractivity contribution in [2.45, 2.75) is 38.1 Å². The quantitative estimate of drug-likeness (QED) is 0.489. The van der Waals surface area contributed by atoms with Gasteiger partial charge in [-0.3, -0.25) is 4.98 Å². The number of nitriles is 1. The molecule has 2 fully saturated rings. The van der Waals surface area contributed by atoms with Crippen LogP contribution in [0.2, 0.25) is 0 Å². The van der Waals surface area contributed by atoms with E-state index in [1.807, 2.05) is 30.5 Å². The molecule has 0 bridgehead atoms. The van der Waals surface area contributed by atoms with E-state index in [9.17, 15) is 18.1 Å². The normalized spacial score (nSPS) is 18.1. The first-order chi connectivity index (χ1) is 17.9. The summed E-state index contributed by atoms with van der Waals surface area (Å²) in [5.74, 6) is -0.349. The van der Waals surface area contributed by atoms with Crippen molar-refractivity contribution in [3.05, 3.63) is 60.2 Å². The average Bonchev–Trinajstić information content (AvgIpc) is 2.93. The zero-order valence-electron chi connectivity index (χ0n) is 20.9. The predicted octanol–water partition coefficient (Wildman–Crippen LogP) is 4.60. The first kappa shape index (κ1) is 25.6. The number of hydrogen-bond donors (Lipinski definition) is 1. The van der Waals surface area contributed by atoms with Crippen LogP contribution in [0.15, 0.2) is 48.8 Å². The standard InChI is InChI=1S/C28H32FN5O2S/c29-27-5-4-21(16-24(27)19-30)23-17-22-6-9-31-20-26(22)28(18-23)32-25-7-12-34(13-8-25)37(35,36)15-14-33-10-2-1-3-11-33/h4-6,9,16-18,20,25,32H,1-3,7-8,10-15H2. The number of hydrogen-bond acceptors (Lipinski definition) is 6. The summed E-state index contributed by atoms with van der Waals surface area (Å²) in [6.07, 6.45) is 8.52. The Kier molecular flexibility index (Phi) is 7.70. The summed E-state index contributed by atoms with van der Waals surface area (Å²) in [6.45, 7) is 3.61. The molecule has 0 aliphatic carbocycles. The van der Waals surface area contributed by atoms with Gasteiger partial charge in [0.05, 0.1) is 11.3 Å². The summed E-state index contributed by atoms with van der Waals surface area (Å²) < 4.78 is 41.5. The maximum absolute atomic E-state index is 13.9. The number of aromatic nitrogens is 1. The van der Waals surface area contributed by atoms with E-state index in [1.54, 1.807) is 22.6 Å². The third kappa shape index (κ3) is 5.93. The number of anilines is 1. The number of piperidine rings is 2. The van der Waals surface area contributed by atoms with Crippen LogP contribution in [0.25, 0.3) is 21.9 Å². The predicted molar refractivity (Wildman–Crippen MR) is 144 cm³/mol. The average molecular weight is 522 g/mol. The molecule has 0 radical (unpaired) electrons. The van der Waals surface area contributed by atoms with Gasteiger partial charge in [-0.15, -0.1) is 0 Å². The van der Waals surface area contributed by atoms with Crippen LogP contribution >= 0.6 is 0 Å². The molecule has 1 N–H and O–H groups in total. The van der Waals surface area contributed by atoms with E-state index in [2.05, 4.69) is 15.2 Å². The highest BCUT2D eigenvalue weighted by Gasteiger charge is 2.28. The molecule has 0 saturated carbocycles. The van der Waals surface area contributed by atoms with Gasteiger partial charge >= 0.3 is 0 Å². The van der Waals surface area contributed by atoms with Crippen LogP contribution < -0.4 is 5.32 Å². The van der Waals surface area contributed by atoms with Crippen molar-refractivity contribution in [3.63, 3.8) is 0 Å². The fourth-order valence-electron chi connectivity index (χ4n) is 5.33. The van der Waals surface area contributed by atoms with Crippen molar-refractivity contribution < 1.29 is 12.8 Å². The Morgan fingerprint density at radius 1 is 1.03 bits per heavy atom. The Bertz CT molecular complexity index is 1410. The molecule has 2 aliphatic heterocycles. The minimum atomic E-state index is -3.27. The topological polar surface area (TPSA) is 89.3 Å². The molecule has 0 spiro atoms. The molecule has 194 valence electrons. The number of nitrogens with one attached hydrogen (secondary N) is 1. The Hall–Kier alpha value is -3.06. The molecule has 2 aliphatic rings. The van der Waals surface area contributed by atoms with E-state index in [4.69, 9.17) is 0 Å². The van der Waals surface area contributed by atoms with Gasteiger partial charge in [0, 0.05) is 49.1 Å². The van der Waals surface area contributed by atoms with E-state index >= 15 is 0 Å². The van der Waals surface area contributed by atoms with Crippen molar-refractivity contribution in [2.75, 3.05) is 43.8 Å². The van der Waals surface area contributed by atoms with E-state index in [0.717, 1.165) is 53.5 Å². The van der Waals surface area contributed by atoms with Gasteiger partial charge in [-0.1, -0.05) is 12.5 Å². The highest BCUT2D eigenvalue weighted by atomic mass is 32.2. The van der Waals surface area contributed by atoms with Crippen LogP contribution in [0.3, 0.4) is 0 Å². The van der Waals surface area contributed by atoms with Crippen LogP contribution in [0.5, 0.6) is 0 Å². The van der Waals surface area contributed by atoms with Gasteiger partial charge in [-0.25, -0.2) is 17.1 Å². The maximum Gasteiger partial charge on any atom is 0.215 e. The van der Waals surface area contributed by atoms with Crippen LogP contribution in [0, 0.1) is 17.1 Å². The molecule has 7 nitrogen and oxygen atoms in total. The van der Waals surface area contributed by atoms with Gasteiger partial charge in [0.1, 0.15) is 11.9 Å². The van der Waals surface area contributed by atoms with Crippen LogP contribution in [0.4, 0.5) is 10.1 Å². The molecule has 2 saturated heterocycles. The summed E-state index contributed by atoms with van der Waals surface area (Å²) in [6, 6.07) is 12.5. The van der Waals surface area contributed by atoms with Gasteiger partial charge < -0.3 is 10.2 Å². The van der Waals surface area contributed by atoms with Gasteiger partial charge in [-0.2, -0.15) is 5.26 Å². The minimum Gasteiger partial charge on any atom is -0.382 e.